The molecule has 1 aliphatic heterocycles. The van der Waals surface area contributed by atoms with Gasteiger partial charge >= 0.3 is 0 Å². The average Bonchev–Trinajstić information content (AvgIpc) is 3.36. The molecule has 1 aromatic carbocycles. The highest BCUT2D eigenvalue weighted by atomic mass is 32.1. The van der Waals surface area contributed by atoms with Gasteiger partial charge in [-0.05, 0) is 36.8 Å². The Kier molecular flexibility index (Phi) is 4.36. The Morgan fingerprint density at radius 3 is 3.00 bits per heavy atom. The van der Waals surface area contributed by atoms with Crippen molar-refractivity contribution in [2.24, 2.45) is 0 Å². The molecule has 0 unspecified atom stereocenters. The van der Waals surface area contributed by atoms with Gasteiger partial charge in [0.15, 0.2) is 0 Å². The van der Waals surface area contributed by atoms with Gasteiger partial charge in [0, 0.05) is 17.0 Å². The molecular weight excluding hydrogens is 334 g/mol. The molecule has 0 saturated carbocycles. The second-order valence-electron chi connectivity index (χ2n) is 6.27. The summed E-state index contributed by atoms with van der Waals surface area (Å²) in [7, 11) is 0. The highest BCUT2D eigenvalue weighted by molar-refractivity contribution is 7.10. The normalized spacial score (nSPS) is 17.2. The zero-order valence-electron chi connectivity index (χ0n) is 14.0. The highest BCUT2D eigenvalue weighted by Crippen LogP contribution is 2.33. The van der Waals surface area contributed by atoms with Crippen molar-refractivity contribution in [1.82, 2.24) is 15.0 Å². The van der Waals surface area contributed by atoms with Gasteiger partial charge in [-0.1, -0.05) is 35.5 Å². The number of thiophene rings is 1. The molecule has 0 spiro atoms. The number of aromatic nitrogens is 2. The number of likely N-dealkylation sites (tertiary alicyclic amines) is 1. The van der Waals surface area contributed by atoms with E-state index in [1.807, 2.05) is 53.6 Å². The smallest absolute Gasteiger partial charge is 0.249 e. The number of carbonyl (C=O) groups excluding carboxylic acids is 1. The molecule has 1 atom stereocenters. The number of amides is 1. The van der Waals surface area contributed by atoms with Crippen molar-refractivity contribution in [3.8, 4) is 11.4 Å². The lowest BCUT2D eigenvalue weighted by atomic mass is 10.1. The van der Waals surface area contributed by atoms with Gasteiger partial charge in [-0.3, -0.25) is 4.79 Å². The summed E-state index contributed by atoms with van der Waals surface area (Å²) in [6.45, 7) is 2.77. The lowest BCUT2D eigenvalue weighted by molar-refractivity contribution is -0.131. The summed E-state index contributed by atoms with van der Waals surface area (Å²) >= 11 is 1.61. The molecule has 1 amide bonds. The molecular formula is C19H19N3O2S. The first-order valence-corrected chi connectivity index (χ1v) is 9.32. The summed E-state index contributed by atoms with van der Waals surface area (Å²) in [5.74, 6) is 1.25. The van der Waals surface area contributed by atoms with Gasteiger partial charge in [0.05, 0.1) is 6.42 Å². The summed E-state index contributed by atoms with van der Waals surface area (Å²) in [4.78, 5) is 20.2. The van der Waals surface area contributed by atoms with Crippen LogP contribution in [0.1, 0.15) is 35.2 Å². The fraction of sp³-hybridized carbons (Fsp3) is 0.316. The molecule has 1 saturated heterocycles. The van der Waals surface area contributed by atoms with E-state index < -0.39 is 0 Å². The zero-order valence-corrected chi connectivity index (χ0v) is 14.8. The Morgan fingerprint density at radius 1 is 1.32 bits per heavy atom. The molecule has 6 heteroatoms. The van der Waals surface area contributed by atoms with Crippen LogP contribution >= 0.6 is 11.3 Å². The minimum Gasteiger partial charge on any atom is -0.337 e. The van der Waals surface area contributed by atoms with E-state index in [2.05, 4.69) is 10.1 Å². The first-order chi connectivity index (χ1) is 12.2. The highest BCUT2D eigenvalue weighted by Gasteiger charge is 2.34. The van der Waals surface area contributed by atoms with E-state index in [0.29, 0.717) is 18.1 Å². The lowest BCUT2D eigenvalue weighted by Crippen LogP contribution is -2.31. The number of hydrogen-bond acceptors (Lipinski definition) is 5. The average molecular weight is 353 g/mol. The molecule has 25 heavy (non-hydrogen) atoms. The SMILES string of the molecule is Cc1ccccc1-c1noc([C@@H]2CCCN2C(=O)Cc2cccs2)n1. The third-order valence-electron chi connectivity index (χ3n) is 4.59. The minimum atomic E-state index is -0.113. The van der Waals surface area contributed by atoms with Crippen LogP contribution in [-0.4, -0.2) is 27.5 Å². The maximum atomic E-state index is 12.7. The largest absolute Gasteiger partial charge is 0.337 e. The van der Waals surface area contributed by atoms with Crippen molar-refractivity contribution in [3.63, 3.8) is 0 Å². The van der Waals surface area contributed by atoms with E-state index >= 15 is 0 Å². The van der Waals surface area contributed by atoms with Gasteiger partial charge in [0.25, 0.3) is 0 Å². The van der Waals surface area contributed by atoms with Crippen molar-refractivity contribution in [2.45, 2.75) is 32.2 Å². The summed E-state index contributed by atoms with van der Waals surface area (Å²) in [5.41, 5.74) is 2.07. The summed E-state index contributed by atoms with van der Waals surface area (Å²) in [5, 5.41) is 6.14. The van der Waals surface area contributed by atoms with E-state index in [1.165, 1.54) is 0 Å². The summed E-state index contributed by atoms with van der Waals surface area (Å²) in [6, 6.07) is 11.8. The Labute approximate surface area is 150 Å². The fourth-order valence-electron chi connectivity index (χ4n) is 3.29. The quantitative estimate of drug-likeness (QED) is 0.711. The fourth-order valence-corrected chi connectivity index (χ4v) is 3.99. The topological polar surface area (TPSA) is 59.2 Å². The van der Waals surface area contributed by atoms with Crippen LogP contribution in [0.3, 0.4) is 0 Å². The summed E-state index contributed by atoms with van der Waals surface area (Å²) < 4.78 is 5.52. The molecule has 3 heterocycles. The molecule has 4 rings (SSSR count). The molecule has 128 valence electrons. The van der Waals surface area contributed by atoms with Crippen LogP contribution in [0.15, 0.2) is 46.3 Å². The third kappa shape index (κ3) is 3.22. The van der Waals surface area contributed by atoms with Crippen molar-refractivity contribution < 1.29 is 9.32 Å². The van der Waals surface area contributed by atoms with Gasteiger partial charge in [0.1, 0.15) is 6.04 Å². The van der Waals surface area contributed by atoms with Crippen LogP contribution in [-0.2, 0) is 11.2 Å². The number of aryl methyl sites for hydroxylation is 1. The Balaban J connectivity index is 1.55. The van der Waals surface area contributed by atoms with Crippen LogP contribution in [0.5, 0.6) is 0 Å². The van der Waals surface area contributed by atoms with Crippen LogP contribution in [0, 0.1) is 6.92 Å². The van der Waals surface area contributed by atoms with Crippen molar-refractivity contribution in [1.29, 1.82) is 0 Å². The molecule has 0 N–H and O–H groups in total. The minimum absolute atomic E-state index is 0.113. The van der Waals surface area contributed by atoms with Gasteiger partial charge < -0.3 is 9.42 Å². The molecule has 1 aliphatic rings. The first-order valence-electron chi connectivity index (χ1n) is 8.44. The monoisotopic (exact) mass is 353 g/mol. The van der Waals surface area contributed by atoms with Crippen LogP contribution in [0.25, 0.3) is 11.4 Å². The van der Waals surface area contributed by atoms with Crippen molar-refractivity contribution >= 4 is 17.2 Å². The number of carbonyl (C=O) groups is 1. The van der Waals surface area contributed by atoms with Gasteiger partial charge in [-0.15, -0.1) is 11.3 Å². The second-order valence-corrected chi connectivity index (χ2v) is 7.30. The maximum absolute atomic E-state index is 12.7. The van der Waals surface area contributed by atoms with Gasteiger partial charge in [-0.2, -0.15) is 4.98 Å². The molecule has 5 nitrogen and oxygen atoms in total. The number of benzene rings is 1. The maximum Gasteiger partial charge on any atom is 0.249 e. The molecule has 3 aromatic rings. The van der Waals surface area contributed by atoms with Gasteiger partial charge in [0.2, 0.25) is 17.6 Å². The second kappa shape index (κ2) is 6.80. The van der Waals surface area contributed by atoms with E-state index in [9.17, 15) is 4.79 Å². The Bertz CT molecular complexity index is 872. The third-order valence-corrected chi connectivity index (χ3v) is 5.47. The first kappa shape index (κ1) is 16.0. The zero-order chi connectivity index (χ0) is 17.2. The van der Waals surface area contributed by atoms with E-state index in [4.69, 9.17) is 4.52 Å². The summed E-state index contributed by atoms with van der Waals surface area (Å²) in [6.07, 6.45) is 2.27. The van der Waals surface area contributed by atoms with Gasteiger partial charge in [-0.25, -0.2) is 0 Å². The predicted octanol–water partition coefficient (Wildman–Crippen LogP) is 4.01. The van der Waals surface area contributed by atoms with Crippen molar-refractivity contribution in [3.05, 3.63) is 58.1 Å². The molecule has 2 aromatic heterocycles. The standard InChI is InChI=1S/C19H19N3O2S/c1-13-6-2-3-8-15(13)18-20-19(24-21-18)16-9-4-10-22(16)17(23)12-14-7-5-11-25-14/h2-3,5-8,11,16H,4,9-10,12H2,1H3/t16-/m0/s1. The van der Waals surface area contributed by atoms with Crippen LogP contribution in [0.4, 0.5) is 0 Å². The number of hydrogen-bond donors (Lipinski definition) is 0. The van der Waals surface area contributed by atoms with E-state index in [0.717, 1.165) is 35.4 Å². The van der Waals surface area contributed by atoms with Crippen LogP contribution in [0.2, 0.25) is 0 Å². The number of nitrogens with zero attached hydrogens (tertiary/aromatic N) is 3. The van der Waals surface area contributed by atoms with E-state index in [-0.39, 0.29) is 11.9 Å². The molecule has 1 fully saturated rings. The Hall–Kier alpha value is -2.47. The van der Waals surface area contributed by atoms with Crippen molar-refractivity contribution in [2.75, 3.05) is 6.54 Å². The molecule has 0 aliphatic carbocycles. The van der Waals surface area contributed by atoms with Crippen LogP contribution < -0.4 is 0 Å². The predicted molar refractivity (Wildman–Crippen MR) is 96.2 cm³/mol. The molecule has 0 bridgehead atoms. The van der Waals surface area contributed by atoms with E-state index in [1.54, 1.807) is 11.3 Å². The molecule has 0 radical (unpaired) electrons. The lowest BCUT2D eigenvalue weighted by Gasteiger charge is -2.21. The Morgan fingerprint density at radius 2 is 2.20 bits per heavy atom. The number of rotatable bonds is 4.